The Bertz CT molecular complexity index is 505. The minimum Gasteiger partial charge on any atom is -0.652 e. The van der Waals surface area contributed by atoms with Crippen LogP contribution in [-0.4, -0.2) is 10.7 Å². The lowest BCUT2D eigenvalue weighted by atomic mass is 10.0. The number of hydrogen-bond acceptors (Lipinski definition) is 3. The number of carbonyl (C=O) groups excluding carboxylic acids is 1. The Balaban J connectivity index is 0. The maximum absolute atomic E-state index is 8.33. The molecule has 0 amide bonds. The van der Waals surface area contributed by atoms with Crippen molar-refractivity contribution >= 4 is 6.16 Å². The Labute approximate surface area is 193 Å². The normalized spacial score (nSPS) is 10.6. The van der Waals surface area contributed by atoms with Gasteiger partial charge in [-0.05, 0) is 25.4 Å². The lowest BCUT2D eigenvalue weighted by Gasteiger charge is -2.03. The molecule has 1 heterocycles. The van der Waals surface area contributed by atoms with Crippen molar-refractivity contribution in [3.05, 3.63) is 18.7 Å². The monoisotopic (exact) mass is 438 g/mol. The number of carbonyl (C=O) groups is 1. The molecule has 5 nitrogen and oxygen atoms in total. The van der Waals surface area contributed by atoms with E-state index in [1.807, 2.05) is 0 Å². The van der Waals surface area contributed by atoms with Crippen LogP contribution < -0.4 is 14.8 Å². The van der Waals surface area contributed by atoms with Crippen molar-refractivity contribution in [2.75, 3.05) is 0 Å². The van der Waals surface area contributed by atoms with Crippen molar-refractivity contribution in [1.29, 1.82) is 0 Å². The van der Waals surface area contributed by atoms with Gasteiger partial charge >= 0.3 is 1.43 Å². The van der Waals surface area contributed by atoms with E-state index in [9.17, 15) is 0 Å². The van der Waals surface area contributed by atoms with Crippen molar-refractivity contribution in [3.63, 3.8) is 0 Å². The summed E-state index contributed by atoms with van der Waals surface area (Å²) in [6.45, 7) is 6.92. The van der Waals surface area contributed by atoms with Crippen LogP contribution in [0.2, 0.25) is 0 Å². The first-order valence-electron chi connectivity index (χ1n) is 13.0. The van der Waals surface area contributed by atoms with Gasteiger partial charge in [0.25, 0.3) is 0 Å². The summed E-state index contributed by atoms with van der Waals surface area (Å²) in [7, 11) is 0. The number of aromatic nitrogens is 2. The van der Waals surface area contributed by atoms with Gasteiger partial charge in [-0.15, -0.1) is 0 Å². The number of nitrogens with zero attached hydrogens (tertiary/aromatic N) is 2. The van der Waals surface area contributed by atoms with Crippen LogP contribution in [0, 0.1) is 0 Å². The zero-order chi connectivity index (χ0) is 23.0. The van der Waals surface area contributed by atoms with E-state index in [-0.39, 0.29) is 1.43 Å². The van der Waals surface area contributed by atoms with E-state index in [1.54, 1.807) is 0 Å². The van der Waals surface area contributed by atoms with Crippen LogP contribution in [0.25, 0.3) is 0 Å². The smallest absolute Gasteiger partial charge is 0.652 e. The van der Waals surface area contributed by atoms with Gasteiger partial charge in [-0.3, -0.25) is 0 Å². The Kier molecular flexibility index (Phi) is 22.0. The molecule has 0 aromatic carbocycles. The number of rotatable bonds is 20. The second-order valence-corrected chi connectivity index (χ2v) is 8.80. The molecule has 0 saturated carbocycles. The van der Waals surface area contributed by atoms with Gasteiger partial charge in [-0.1, -0.05) is 110 Å². The summed E-state index contributed by atoms with van der Waals surface area (Å²) in [6, 6.07) is 0. The average molecular weight is 439 g/mol. The molecule has 0 N–H and O–H groups in total. The molecule has 1 aromatic rings. The minimum atomic E-state index is -2.33. The predicted molar refractivity (Wildman–Crippen MR) is 126 cm³/mol. The number of imidazole rings is 1. The number of unbranched alkanes of at least 4 members (excludes halogenated alkanes) is 16. The molecule has 0 radical (unpaired) electrons. The van der Waals surface area contributed by atoms with Gasteiger partial charge < -0.3 is 15.0 Å². The molecular formula is C26H50N2O3. The van der Waals surface area contributed by atoms with Crippen LogP contribution in [0.3, 0.4) is 0 Å². The van der Waals surface area contributed by atoms with Crippen LogP contribution in [0.1, 0.15) is 131 Å². The zero-order valence-electron chi connectivity index (χ0n) is 21.5. The minimum absolute atomic E-state index is 0. The van der Waals surface area contributed by atoms with E-state index in [4.69, 9.17) is 15.0 Å². The van der Waals surface area contributed by atoms with Crippen molar-refractivity contribution < 1.29 is 21.0 Å². The highest BCUT2D eigenvalue weighted by Crippen LogP contribution is 2.13. The third-order valence-corrected chi connectivity index (χ3v) is 5.79. The fourth-order valence-corrected chi connectivity index (χ4v) is 3.89. The van der Waals surface area contributed by atoms with Crippen LogP contribution in [0.4, 0.5) is 4.79 Å². The maximum atomic E-state index is 8.33. The summed E-state index contributed by atoms with van der Waals surface area (Å²) in [6.07, 6.45) is 30.1. The largest absolute Gasteiger partial charge is 1.00 e. The molecule has 5 heteroatoms. The van der Waals surface area contributed by atoms with Gasteiger partial charge in [0, 0.05) is 0 Å². The van der Waals surface area contributed by atoms with E-state index in [1.165, 1.54) is 129 Å². The molecule has 0 saturated heterocycles. The highest BCUT2D eigenvalue weighted by Gasteiger charge is 2.02. The Hall–Kier alpha value is -1.52. The molecule has 0 aliphatic carbocycles. The quantitative estimate of drug-likeness (QED) is 0.199. The van der Waals surface area contributed by atoms with Crippen LogP contribution in [0.5, 0.6) is 0 Å². The fourth-order valence-electron chi connectivity index (χ4n) is 3.89. The van der Waals surface area contributed by atoms with Gasteiger partial charge in [-0.2, -0.15) is 0 Å². The van der Waals surface area contributed by atoms with Crippen molar-refractivity contribution in [1.82, 2.24) is 4.57 Å². The number of carboxylic acid groups (broad SMARTS) is 2. The summed E-state index contributed by atoms with van der Waals surface area (Å²) in [5, 5.41) is 16.7. The first-order chi connectivity index (χ1) is 15.1. The molecule has 0 aliphatic heterocycles. The predicted octanol–water partition coefficient (Wildman–Crippen LogP) is 5.50. The Morgan fingerprint density at radius 3 is 1.52 bits per heavy atom. The zero-order valence-corrected chi connectivity index (χ0v) is 20.5. The van der Waals surface area contributed by atoms with E-state index in [0.29, 0.717) is 0 Å². The van der Waals surface area contributed by atoms with Crippen LogP contribution >= 0.6 is 0 Å². The molecule has 1 rings (SSSR count). The first-order valence-corrected chi connectivity index (χ1v) is 13.0. The van der Waals surface area contributed by atoms with Gasteiger partial charge in [0.2, 0.25) is 6.33 Å². The molecule has 182 valence electrons. The highest BCUT2D eigenvalue weighted by molar-refractivity contribution is 5.47. The van der Waals surface area contributed by atoms with E-state index < -0.39 is 6.16 Å². The Morgan fingerprint density at radius 2 is 1.10 bits per heavy atom. The summed E-state index contributed by atoms with van der Waals surface area (Å²) in [5.74, 6) is 0. The van der Waals surface area contributed by atoms with E-state index >= 15 is 0 Å². The fraction of sp³-hybridized carbons (Fsp3) is 0.846. The van der Waals surface area contributed by atoms with Gasteiger partial charge in [0.05, 0.1) is 13.1 Å². The second-order valence-electron chi connectivity index (χ2n) is 8.80. The summed E-state index contributed by atoms with van der Waals surface area (Å²) in [5.41, 5.74) is 0. The SMILES string of the molecule is CCCCCCCCCCCCCCCCCC[n+]1ccn(CCCC)c1.O=C([O-])[O-].[H+]. The molecular weight excluding hydrogens is 388 g/mol. The van der Waals surface area contributed by atoms with Crippen molar-refractivity contribution in [3.8, 4) is 0 Å². The molecule has 0 atom stereocenters. The first kappa shape index (κ1) is 29.5. The second kappa shape index (κ2) is 23.1. The van der Waals surface area contributed by atoms with Crippen molar-refractivity contribution in [2.45, 2.75) is 143 Å². The number of aryl methyl sites for hydroxylation is 2. The molecule has 0 bridgehead atoms. The van der Waals surface area contributed by atoms with Crippen LogP contribution in [0.15, 0.2) is 18.7 Å². The molecule has 31 heavy (non-hydrogen) atoms. The van der Waals surface area contributed by atoms with Gasteiger partial charge in [0.15, 0.2) is 0 Å². The number of hydrogen-bond donors (Lipinski definition) is 0. The lowest BCUT2D eigenvalue weighted by molar-refractivity contribution is -0.696. The standard InChI is InChI=1S/C25H49N2.CH2O3/c1-3-5-7-8-9-10-11-12-13-14-15-16-17-18-19-20-22-27-24-23-26(25-27)21-6-4-2;2-1(3)4/h23-25H,3-22H2,1-2H3;(H2,2,3,4)/q+1;/p-1. The van der Waals surface area contributed by atoms with Crippen molar-refractivity contribution in [2.24, 2.45) is 0 Å². The topological polar surface area (TPSA) is 72.0 Å². The maximum Gasteiger partial charge on any atom is 1.00 e. The third-order valence-electron chi connectivity index (χ3n) is 5.79. The molecule has 0 spiro atoms. The van der Waals surface area contributed by atoms with Gasteiger partial charge in [0.1, 0.15) is 12.4 Å². The average Bonchev–Trinajstić information content (AvgIpc) is 3.19. The summed E-state index contributed by atoms with van der Waals surface area (Å²) < 4.78 is 4.69. The molecule has 0 unspecified atom stereocenters. The van der Waals surface area contributed by atoms with Gasteiger partial charge in [-0.25, -0.2) is 9.13 Å². The lowest BCUT2D eigenvalue weighted by Crippen LogP contribution is -2.37. The summed E-state index contributed by atoms with van der Waals surface area (Å²) >= 11 is 0. The van der Waals surface area contributed by atoms with Crippen LogP contribution in [-0.2, 0) is 13.1 Å². The van der Waals surface area contributed by atoms with E-state index in [2.05, 4.69) is 41.7 Å². The molecule has 0 fully saturated rings. The molecule has 1 aromatic heterocycles. The highest BCUT2D eigenvalue weighted by atomic mass is 16.6. The third kappa shape index (κ3) is 23.0. The van der Waals surface area contributed by atoms with E-state index in [0.717, 1.165) is 0 Å². The Morgan fingerprint density at radius 1 is 0.710 bits per heavy atom. The summed E-state index contributed by atoms with van der Waals surface area (Å²) in [4.78, 5) is 8.33. The molecule has 0 aliphatic rings.